The molecule has 0 unspecified atom stereocenters. The molecule has 0 spiro atoms. The number of allylic oxidation sites excluding steroid dienone is 1. The van der Waals surface area contributed by atoms with Gasteiger partial charge in [-0.05, 0) is 52.7 Å². The van der Waals surface area contributed by atoms with Gasteiger partial charge in [-0.15, -0.1) is 0 Å². The molecule has 1 aromatic heterocycles. The minimum Gasteiger partial charge on any atom is -0.503 e. The predicted molar refractivity (Wildman–Crippen MR) is 110 cm³/mol. The van der Waals surface area contributed by atoms with Gasteiger partial charge >= 0.3 is 0 Å². The first-order chi connectivity index (χ1) is 14.0. The van der Waals surface area contributed by atoms with E-state index in [1.54, 1.807) is 16.8 Å². The molecule has 0 bridgehead atoms. The summed E-state index contributed by atoms with van der Waals surface area (Å²) in [7, 11) is 1.47. The van der Waals surface area contributed by atoms with Crippen molar-refractivity contribution >= 4 is 15.9 Å². The summed E-state index contributed by atoms with van der Waals surface area (Å²) in [6, 6.07) is 15.1. The number of rotatable bonds is 3. The molecular formula is C21H17BrN4O3. The molecule has 29 heavy (non-hydrogen) atoms. The molecule has 1 aliphatic heterocycles. The molecule has 0 aliphatic carbocycles. The number of nitrogens with zero attached hydrogens (tertiary/aromatic N) is 3. The molecule has 0 amide bonds. The number of phenolic OH excluding ortho intramolecular Hbond substituents is 1. The van der Waals surface area contributed by atoms with Crippen LogP contribution < -0.4 is 15.2 Å². The number of nitrogens with two attached hydrogens (primary N) is 1. The van der Waals surface area contributed by atoms with Gasteiger partial charge in [-0.3, -0.25) is 0 Å². The second-order valence-corrected chi connectivity index (χ2v) is 7.38. The fraction of sp³-hybridized carbons (Fsp3) is 0.143. The molecule has 7 nitrogen and oxygen atoms in total. The highest BCUT2D eigenvalue weighted by Gasteiger charge is 2.36. The SMILES string of the molecule is COc1cc([C@@H]2C(C#N)=C(N)Oc3c2c(C)nn3-c2ccccc2)cc(Br)c1O. The van der Waals surface area contributed by atoms with Gasteiger partial charge in [0.2, 0.25) is 11.8 Å². The van der Waals surface area contributed by atoms with Gasteiger partial charge in [0.15, 0.2) is 11.5 Å². The molecule has 0 radical (unpaired) electrons. The molecule has 0 fully saturated rings. The fourth-order valence-electron chi connectivity index (χ4n) is 3.51. The van der Waals surface area contributed by atoms with E-state index in [1.807, 2.05) is 37.3 Å². The van der Waals surface area contributed by atoms with Gasteiger partial charge in [0.25, 0.3) is 0 Å². The number of ether oxygens (including phenoxy) is 2. The molecular weight excluding hydrogens is 436 g/mol. The van der Waals surface area contributed by atoms with Crippen molar-refractivity contribution in [3.8, 4) is 29.1 Å². The van der Waals surface area contributed by atoms with Gasteiger partial charge in [0.05, 0.1) is 34.4 Å². The molecule has 2 heterocycles. The van der Waals surface area contributed by atoms with Gasteiger partial charge in [-0.1, -0.05) is 18.2 Å². The van der Waals surface area contributed by atoms with Crippen LogP contribution in [-0.2, 0) is 0 Å². The number of aromatic hydroxyl groups is 1. The summed E-state index contributed by atoms with van der Waals surface area (Å²) in [5.74, 6) is 0.220. The minimum atomic E-state index is -0.521. The van der Waals surface area contributed by atoms with Crippen LogP contribution in [0, 0.1) is 18.3 Å². The number of methoxy groups -OCH3 is 1. The minimum absolute atomic E-state index is 0.0179. The molecule has 4 rings (SSSR count). The van der Waals surface area contributed by atoms with Crippen molar-refractivity contribution in [2.75, 3.05) is 7.11 Å². The summed E-state index contributed by atoms with van der Waals surface area (Å²) in [5.41, 5.74) is 9.37. The molecule has 0 saturated carbocycles. The third kappa shape index (κ3) is 3.00. The number of benzene rings is 2. The van der Waals surface area contributed by atoms with E-state index < -0.39 is 5.92 Å². The highest BCUT2D eigenvalue weighted by atomic mass is 79.9. The topological polar surface area (TPSA) is 106 Å². The number of nitriles is 1. The lowest BCUT2D eigenvalue weighted by Crippen LogP contribution is -2.22. The van der Waals surface area contributed by atoms with E-state index in [2.05, 4.69) is 27.1 Å². The van der Waals surface area contributed by atoms with Gasteiger partial charge in [0.1, 0.15) is 11.6 Å². The molecule has 1 aliphatic rings. The molecule has 1 atom stereocenters. The standard InChI is InChI=1S/C21H17BrN4O3/c1-11-17-18(12-8-15(22)19(27)16(9-12)28-2)14(10-23)20(24)29-21(17)26(25-11)13-6-4-3-5-7-13/h3-9,18,27H,24H2,1-2H3/t18-/m1/s1. The number of para-hydroxylation sites is 1. The van der Waals surface area contributed by atoms with Crippen molar-refractivity contribution < 1.29 is 14.6 Å². The number of aryl methyl sites for hydroxylation is 1. The van der Waals surface area contributed by atoms with Crippen LogP contribution in [0.3, 0.4) is 0 Å². The van der Waals surface area contributed by atoms with Crippen molar-refractivity contribution in [3.05, 3.63) is 75.2 Å². The lowest BCUT2D eigenvalue weighted by Gasteiger charge is -2.25. The number of fused-ring (bicyclic) bond motifs is 1. The Labute approximate surface area is 175 Å². The van der Waals surface area contributed by atoms with Gasteiger partial charge in [0, 0.05) is 0 Å². The van der Waals surface area contributed by atoms with Crippen molar-refractivity contribution in [1.29, 1.82) is 5.26 Å². The largest absolute Gasteiger partial charge is 0.503 e. The first-order valence-electron chi connectivity index (χ1n) is 8.75. The Morgan fingerprint density at radius 3 is 2.69 bits per heavy atom. The van der Waals surface area contributed by atoms with E-state index in [-0.39, 0.29) is 23.0 Å². The summed E-state index contributed by atoms with van der Waals surface area (Å²) in [4.78, 5) is 0. The Kier molecular flexibility index (Phi) is 4.68. The molecule has 3 aromatic rings. The number of aromatic nitrogens is 2. The van der Waals surface area contributed by atoms with Crippen molar-refractivity contribution in [2.45, 2.75) is 12.8 Å². The fourth-order valence-corrected chi connectivity index (χ4v) is 3.97. The summed E-state index contributed by atoms with van der Waals surface area (Å²) >= 11 is 3.35. The summed E-state index contributed by atoms with van der Waals surface area (Å²) < 4.78 is 13.3. The smallest absolute Gasteiger partial charge is 0.229 e. The molecule has 0 saturated heterocycles. The average molecular weight is 453 g/mol. The van der Waals surface area contributed by atoms with Gasteiger partial charge in [-0.2, -0.15) is 10.4 Å². The predicted octanol–water partition coefficient (Wildman–Crippen LogP) is 3.88. The van der Waals surface area contributed by atoms with Crippen LogP contribution in [0.4, 0.5) is 0 Å². The molecule has 3 N–H and O–H groups in total. The maximum absolute atomic E-state index is 10.2. The molecule has 146 valence electrons. The van der Waals surface area contributed by atoms with Crippen molar-refractivity contribution in [2.24, 2.45) is 5.73 Å². The Hall–Kier alpha value is -3.44. The first-order valence-corrected chi connectivity index (χ1v) is 9.54. The van der Waals surface area contributed by atoms with Crippen molar-refractivity contribution in [3.63, 3.8) is 0 Å². The number of halogens is 1. The average Bonchev–Trinajstić information content (AvgIpc) is 3.05. The van der Waals surface area contributed by atoms with Crippen LogP contribution >= 0.6 is 15.9 Å². The Morgan fingerprint density at radius 2 is 2.03 bits per heavy atom. The molecule has 8 heteroatoms. The maximum atomic E-state index is 10.2. The lowest BCUT2D eigenvalue weighted by atomic mass is 9.84. The number of hydrogen-bond donors (Lipinski definition) is 2. The van der Waals surface area contributed by atoms with Crippen LogP contribution in [-0.4, -0.2) is 22.0 Å². The summed E-state index contributed by atoms with van der Waals surface area (Å²) in [6.07, 6.45) is 0. The zero-order valence-electron chi connectivity index (χ0n) is 15.7. The van der Waals surface area contributed by atoms with Crippen LogP contribution in [0.25, 0.3) is 5.69 Å². The second-order valence-electron chi connectivity index (χ2n) is 6.53. The lowest BCUT2D eigenvalue weighted by molar-refractivity contribution is 0.364. The maximum Gasteiger partial charge on any atom is 0.229 e. The molecule has 2 aromatic carbocycles. The third-order valence-corrected chi connectivity index (χ3v) is 5.44. The van der Waals surface area contributed by atoms with Crippen LogP contribution in [0.5, 0.6) is 17.4 Å². The Bertz CT molecular complexity index is 1180. The Balaban J connectivity index is 1.98. The highest BCUT2D eigenvalue weighted by Crippen LogP contribution is 2.47. The van der Waals surface area contributed by atoms with Crippen molar-refractivity contribution in [1.82, 2.24) is 9.78 Å². The van der Waals surface area contributed by atoms with Gasteiger partial charge < -0.3 is 20.3 Å². The normalized spacial score (nSPS) is 15.4. The highest BCUT2D eigenvalue weighted by molar-refractivity contribution is 9.10. The van der Waals surface area contributed by atoms with E-state index in [9.17, 15) is 10.4 Å². The van der Waals surface area contributed by atoms with Gasteiger partial charge in [-0.25, -0.2) is 4.68 Å². The number of phenols is 1. The van der Waals surface area contributed by atoms with E-state index in [1.165, 1.54) is 7.11 Å². The van der Waals surface area contributed by atoms with E-state index in [0.29, 0.717) is 21.6 Å². The van der Waals surface area contributed by atoms with E-state index >= 15 is 0 Å². The van der Waals surface area contributed by atoms with E-state index in [0.717, 1.165) is 11.3 Å². The third-order valence-electron chi connectivity index (χ3n) is 4.84. The quantitative estimate of drug-likeness (QED) is 0.624. The zero-order chi connectivity index (χ0) is 20.7. The monoisotopic (exact) mass is 452 g/mol. The Morgan fingerprint density at radius 1 is 1.31 bits per heavy atom. The summed E-state index contributed by atoms with van der Waals surface area (Å²) in [5, 5.41) is 24.6. The summed E-state index contributed by atoms with van der Waals surface area (Å²) in [6.45, 7) is 1.86. The second kappa shape index (κ2) is 7.18. The van der Waals surface area contributed by atoms with E-state index in [4.69, 9.17) is 15.2 Å². The first kappa shape index (κ1) is 18.9. The van der Waals surface area contributed by atoms with Crippen LogP contribution in [0.1, 0.15) is 22.7 Å². The van der Waals surface area contributed by atoms with Crippen LogP contribution in [0.2, 0.25) is 0 Å². The number of hydrogen-bond acceptors (Lipinski definition) is 6. The van der Waals surface area contributed by atoms with Crippen LogP contribution in [0.15, 0.2) is 58.4 Å². The zero-order valence-corrected chi connectivity index (χ0v) is 17.3.